The number of hydrogen-bond acceptors (Lipinski definition) is 5. The van der Waals surface area contributed by atoms with Gasteiger partial charge in [0.2, 0.25) is 5.88 Å². The van der Waals surface area contributed by atoms with Crippen LogP contribution < -0.4 is 10.1 Å². The summed E-state index contributed by atoms with van der Waals surface area (Å²) in [6, 6.07) is 0. The lowest BCUT2D eigenvalue weighted by molar-refractivity contribution is 0.137. The lowest BCUT2D eigenvalue weighted by Crippen LogP contribution is -2.35. The van der Waals surface area contributed by atoms with Crippen LogP contribution in [0.1, 0.15) is 32.8 Å². The molecule has 1 unspecified atom stereocenters. The number of nitrogens with one attached hydrogen (secondary N) is 1. The van der Waals surface area contributed by atoms with Crippen molar-refractivity contribution in [2.24, 2.45) is 0 Å². The van der Waals surface area contributed by atoms with Crippen LogP contribution in [0, 0.1) is 0 Å². The molecular weight excluding hydrogens is 230 g/mol. The molecule has 0 spiro atoms. The molecule has 5 nitrogen and oxygen atoms in total. The Morgan fingerprint density at radius 3 is 3.00 bits per heavy atom. The first kappa shape index (κ1) is 13.2. The summed E-state index contributed by atoms with van der Waals surface area (Å²) in [5.41, 5.74) is 1.04. The number of nitrogens with zero attached hydrogens (tertiary/aromatic N) is 2. The van der Waals surface area contributed by atoms with Crippen molar-refractivity contribution in [1.82, 2.24) is 15.3 Å². The van der Waals surface area contributed by atoms with E-state index in [-0.39, 0.29) is 11.6 Å². The van der Waals surface area contributed by atoms with E-state index in [4.69, 9.17) is 9.47 Å². The van der Waals surface area contributed by atoms with E-state index in [1.807, 2.05) is 0 Å². The first-order chi connectivity index (χ1) is 8.54. The van der Waals surface area contributed by atoms with Gasteiger partial charge in [-0.05, 0) is 20.8 Å². The van der Waals surface area contributed by atoms with E-state index in [2.05, 4.69) is 36.1 Å². The lowest BCUT2D eigenvalue weighted by Gasteiger charge is -2.21. The summed E-state index contributed by atoms with van der Waals surface area (Å²) in [4.78, 5) is 8.27. The van der Waals surface area contributed by atoms with Crippen LogP contribution >= 0.6 is 0 Å². The molecular formula is C13H21N3O2. The van der Waals surface area contributed by atoms with E-state index in [0.717, 1.165) is 18.6 Å². The predicted octanol–water partition coefficient (Wildman–Crippen LogP) is 1.53. The Kier molecular flexibility index (Phi) is 4.14. The van der Waals surface area contributed by atoms with Gasteiger partial charge in [0.1, 0.15) is 12.4 Å². The normalized spacial score (nSPS) is 20.1. The van der Waals surface area contributed by atoms with Gasteiger partial charge in [-0.3, -0.25) is 0 Å². The Balaban J connectivity index is 2.00. The average Bonchev–Trinajstić information content (AvgIpc) is 2.80. The highest BCUT2D eigenvalue weighted by Gasteiger charge is 2.20. The van der Waals surface area contributed by atoms with Gasteiger partial charge in [0.05, 0.1) is 13.2 Å². The predicted molar refractivity (Wildman–Crippen MR) is 68.5 cm³/mol. The van der Waals surface area contributed by atoms with Gasteiger partial charge in [-0.2, -0.15) is 0 Å². The van der Waals surface area contributed by atoms with Crippen LogP contribution in [0.3, 0.4) is 0 Å². The third-order valence-corrected chi connectivity index (χ3v) is 2.72. The summed E-state index contributed by atoms with van der Waals surface area (Å²) in [5.74, 6) is 0.664. The average molecular weight is 251 g/mol. The second-order valence-electron chi connectivity index (χ2n) is 5.56. The van der Waals surface area contributed by atoms with Crippen LogP contribution in [0.2, 0.25) is 0 Å². The molecule has 0 aliphatic carbocycles. The smallest absolute Gasteiger partial charge is 0.221 e. The zero-order chi connectivity index (χ0) is 13.0. The molecule has 5 heteroatoms. The van der Waals surface area contributed by atoms with E-state index in [1.54, 1.807) is 6.20 Å². The van der Waals surface area contributed by atoms with Gasteiger partial charge in [0, 0.05) is 30.3 Å². The van der Waals surface area contributed by atoms with Crippen molar-refractivity contribution in [2.45, 2.75) is 45.4 Å². The van der Waals surface area contributed by atoms with E-state index in [1.165, 1.54) is 6.33 Å². The van der Waals surface area contributed by atoms with E-state index in [0.29, 0.717) is 19.0 Å². The van der Waals surface area contributed by atoms with Crippen LogP contribution in [-0.2, 0) is 11.3 Å². The zero-order valence-electron chi connectivity index (χ0n) is 11.3. The molecule has 0 saturated carbocycles. The molecule has 1 N–H and O–H groups in total. The Labute approximate surface area is 108 Å². The van der Waals surface area contributed by atoms with Crippen molar-refractivity contribution in [2.75, 3.05) is 13.2 Å². The van der Waals surface area contributed by atoms with Gasteiger partial charge in [0.25, 0.3) is 0 Å². The monoisotopic (exact) mass is 251 g/mol. The molecule has 0 amide bonds. The number of rotatable bonds is 4. The number of hydrogen-bond donors (Lipinski definition) is 1. The summed E-state index contributed by atoms with van der Waals surface area (Å²) < 4.78 is 11.2. The van der Waals surface area contributed by atoms with Gasteiger partial charge in [-0.1, -0.05) is 0 Å². The molecule has 0 bridgehead atoms. The van der Waals surface area contributed by atoms with Crippen LogP contribution in [0.4, 0.5) is 0 Å². The largest absolute Gasteiger partial charge is 0.471 e. The molecule has 2 heterocycles. The summed E-state index contributed by atoms with van der Waals surface area (Å²) >= 11 is 0. The second-order valence-corrected chi connectivity index (χ2v) is 5.56. The zero-order valence-corrected chi connectivity index (χ0v) is 11.3. The quantitative estimate of drug-likeness (QED) is 0.879. The summed E-state index contributed by atoms with van der Waals surface area (Å²) in [5, 5.41) is 3.41. The first-order valence-corrected chi connectivity index (χ1v) is 6.33. The topological polar surface area (TPSA) is 56.3 Å². The minimum Gasteiger partial charge on any atom is -0.471 e. The fourth-order valence-electron chi connectivity index (χ4n) is 1.70. The van der Waals surface area contributed by atoms with Gasteiger partial charge in [0.15, 0.2) is 0 Å². The Hall–Kier alpha value is -1.20. The van der Waals surface area contributed by atoms with Crippen molar-refractivity contribution in [1.29, 1.82) is 0 Å². The summed E-state index contributed by atoms with van der Waals surface area (Å²) in [6.07, 6.45) is 4.37. The van der Waals surface area contributed by atoms with Crippen LogP contribution in [0.25, 0.3) is 0 Å². The number of ether oxygens (including phenoxy) is 2. The molecule has 1 atom stereocenters. The molecule has 1 aliphatic heterocycles. The van der Waals surface area contributed by atoms with E-state index >= 15 is 0 Å². The second kappa shape index (κ2) is 5.63. The van der Waals surface area contributed by atoms with Crippen molar-refractivity contribution >= 4 is 0 Å². The maximum atomic E-state index is 5.86. The summed E-state index contributed by atoms with van der Waals surface area (Å²) in [7, 11) is 0. The fourth-order valence-corrected chi connectivity index (χ4v) is 1.70. The minimum absolute atomic E-state index is 0.0591. The van der Waals surface area contributed by atoms with Crippen molar-refractivity contribution in [3.8, 4) is 5.88 Å². The molecule has 1 saturated heterocycles. The molecule has 18 heavy (non-hydrogen) atoms. The number of aromatic nitrogens is 2. The maximum Gasteiger partial charge on any atom is 0.221 e. The highest BCUT2D eigenvalue weighted by atomic mass is 16.5. The van der Waals surface area contributed by atoms with Crippen LogP contribution in [0.5, 0.6) is 5.88 Å². The Morgan fingerprint density at radius 1 is 1.50 bits per heavy atom. The Bertz CT molecular complexity index is 384. The fraction of sp³-hybridized carbons (Fsp3) is 0.692. The molecule has 1 fully saturated rings. The maximum absolute atomic E-state index is 5.86. The Morgan fingerprint density at radius 2 is 2.33 bits per heavy atom. The first-order valence-electron chi connectivity index (χ1n) is 6.33. The SMILES string of the molecule is CC(C)(C)NCc1cncnc1OC1CCOC1. The van der Waals surface area contributed by atoms with Crippen molar-refractivity contribution in [3.63, 3.8) is 0 Å². The molecule has 100 valence electrons. The van der Waals surface area contributed by atoms with Crippen molar-refractivity contribution < 1.29 is 9.47 Å². The lowest BCUT2D eigenvalue weighted by atomic mass is 10.1. The van der Waals surface area contributed by atoms with E-state index in [9.17, 15) is 0 Å². The van der Waals surface area contributed by atoms with E-state index < -0.39 is 0 Å². The van der Waals surface area contributed by atoms with Crippen LogP contribution in [0.15, 0.2) is 12.5 Å². The van der Waals surface area contributed by atoms with Crippen LogP contribution in [-0.4, -0.2) is 34.8 Å². The molecule has 0 aromatic carbocycles. The highest BCUT2D eigenvalue weighted by molar-refractivity contribution is 5.22. The standard InChI is InChI=1S/C13H21N3O2/c1-13(2,3)16-7-10-6-14-9-15-12(10)18-11-4-5-17-8-11/h6,9,11,16H,4-5,7-8H2,1-3H3. The minimum atomic E-state index is 0.0591. The van der Waals surface area contributed by atoms with Gasteiger partial charge in [-0.15, -0.1) is 0 Å². The third-order valence-electron chi connectivity index (χ3n) is 2.72. The molecule has 0 radical (unpaired) electrons. The molecule has 1 aliphatic rings. The van der Waals surface area contributed by atoms with Gasteiger partial charge in [-0.25, -0.2) is 9.97 Å². The van der Waals surface area contributed by atoms with Gasteiger partial charge >= 0.3 is 0 Å². The molecule has 1 aromatic heterocycles. The summed E-state index contributed by atoms with van der Waals surface area (Å²) in [6.45, 7) is 8.50. The van der Waals surface area contributed by atoms with Gasteiger partial charge < -0.3 is 14.8 Å². The molecule has 2 rings (SSSR count). The van der Waals surface area contributed by atoms with Crippen molar-refractivity contribution in [3.05, 3.63) is 18.1 Å². The highest BCUT2D eigenvalue weighted by Crippen LogP contribution is 2.18. The molecule has 1 aromatic rings. The third kappa shape index (κ3) is 3.92.